The van der Waals surface area contributed by atoms with E-state index in [1.165, 1.54) is 11.8 Å². The molecule has 0 spiro atoms. The zero-order valence-corrected chi connectivity index (χ0v) is 8.97. The van der Waals surface area contributed by atoms with Crippen molar-refractivity contribution in [1.82, 2.24) is 4.90 Å². The molecule has 2 aliphatic heterocycles. The SMILES string of the molecule is OC1SC2C=CC=CC2N2CC=CC12O. The maximum Gasteiger partial charge on any atom is 0.174 e. The number of hydrogen-bond acceptors (Lipinski definition) is 4. The molecule has 0 bridgehead atoms. The minimum Gasteiger partial charge on any atom is -0.378 e. The van der Waals surface area contributed by atoms with Gasteiger partial charge in [0.25, 0.3) is 0 Å². The lowest BCUT2D eigenvalue weighted by molar-refractivity contribution is -0.117. The summed E-state index contributed by atoms with van der Waals surface area (Å²) >= 11 is 1.42. The van der Waals surface area contributed by atoms with Crippen LogP contribution in [0.15, 0.2) is 36.5 Å². The second kappa shape index (κ2) is 3.22. The summed E-state index contributed by atoms with van der Waals surface area (Å²) in [5.74, 6) is 0. The Morgan fingerprint density at radius 2 is 2.13 bits per heavy atom. The Kier molecular flexibility index (Phi) is 2.07. The molecule has 0 radical (unpaired) electrons. The van der Waals surface area contributed by atoms with Crippen LogP contribution in [0.5, 0.6) is 0 Å². The Morgan fingerprint density at radius 1 is 1.33 bits per heavy atom. The van der Waals surface area contributed by atoms with Crippen molar-refractivity contribution in [1.29, 1.82) is 0 Å². The third-order valence-corrected chi connectivity index (χ3v) is 4.55. The van der Waals surface area contributed by atoms with Crippen LogP contribution in [0.25, 0.3) is 0 Å². The molecule has 0 aromatic rings. The van der Waals surface area contributed by atoms with E-state index in [1.54, 1.807) is 6.08 Å². The smallest absolute Gasteiger partial charge is 0.174 e. The third-order valence-electron chi connectivity index (χ3n) is 3.19. The monoisotopic (exact) mass is 223 g/mol. The van der Waals surface area contributed by atoms with Crippen LogP contribution in [-0.2, 0) is 0 Å². The first-order valence-corrected chi connectivity index (χ1v) is 6.01. The number of rotatable bonds is 0. The lowest BCUT2D eigenvalue weighted by Crippen LogP contribution is -2.62. The minimum absolute atomic E-state index is 0.184. The molecule has 80 valence electrons. The highest BCUT2D eigenvalue weighted by molar-refractivity contribution is 8.00. The summed E-state index contributed by atoms with van der Waals surface area (Å²) in [7, 11) is 0. The second-order valence-corrected chi connectivity index (χ2v) is 5.31. The van der Waals surface area contributed by atoms with Gasteiger partial charge >= 0.3 is 0 Å². The summed E-state index contributed by atoms with van der Waals surface area (Å²) in [6.07, 6.45) is 11.8. The third kappa shape index (κ3) is 1.26. The van der Waals surface area contributed by atoms with Gasteiger partial charge in [0, 0.05) is 17.8 Å². The number of aliphatic hydroxyl groups excluding tert-OH is 1. The van der Waals surface area contributed by atoms with Gasteiger partial charge < -0.3 is 10.2 Å². The quantitative estimate of drug-likeness (QED) is 0.586. The van der Waals surface area contributed by atoms with Crippen molar-refractivity contribution in [2.45, 2.75) is 22.5 Å². The Balaban J connectivity index is 1.97. The number of aliphatic hydroxyl groups is 2. The molecule has 15 heavy (non-hydrogen) atoms. The van der Waals surface area contributed by atoms with E-state index in [0.29, 0.717) is 6.54 Å². The molecule has 3 aliphatic rings. The van der Waals surface area contributed by atoms with Crippen LogP contribution < -0.4 is 0 Å². The average molecular weight is 223 g/mol. The predicted octanol–water partition coefficient (Wildman–Crippen LogP) is 0.475. The summed E-state index contributed by atoms with van der Waals surface area (Å²) < 4.78 is 0. The van der Waals surface area contributed by atoms with Gasteiger partial charge in [-0.25, -0.2) is 0 Å². The lowest BCUT2D eigenvalue weighted by atomic mass is 10.0. The number of hydrogen-bond donors (Lipinski definition) is 2. The molecule has 2 heterocycles. The molecule has 0 aromatic carbocycles. The fourth-order valence-electron chi connectivity index (χ4n) is 2.40. The summed E-state index contributed by atoms with van der Waals surface area (Å²) in [4.78, 5) is 1.94. The van der Waals surface area contributed by atoms with Gasteiger partial charge in [-0.1, -0.05) is 30.4 Å². The first-order valence-electron chi connectivity index (χ1n) is 5.07. The minimum atomic E-state index is -1.18. The molecule has 3 nitrogen and oxygen atoms in total. The average Bonchev–Trinajstić information content (AvgIpc) is 2.63. The van der Waals surface area contributed by atoms with Crippen LogP contribution in [-0.4, -0.2) is 44.1 Å². The number of fused-ring (bicyclic) bond motifs is 3. The molecule has 1 saturated heterocycles. The lowest BCUT2D eigenvalue weighted by Gasteiger charge is -2.48. The van der Waals surface area contributed by atoms with Gasteiger partial charge in [0.1, 0.15) is 5.44 Å². The van der Waals surface area contributed by atoms with Crippen molar-refractivity contribution in [3.8, 4) is 0 Å². The van der Waals surface area contributed by atoms with E-state index in [4.69, 9.17) is 0 Å². The van der Waals surface area contributed by atoms with Crippen molar-refractivity contribution in [2.75, 3.05) is 6.54 Å². The van der Waals surface area contributed by atoms with Crippen LogP contribution in [0.4, 0.5) is 0 Å². The van der Waals surface area contributed by atoms with Gasteiger partial charge in [-0.05, 0) is 6.08 Å². The standard InChI is InChI=1S/C11H13NO2S/c13-10-11(14)6-3-7-12(11)8-4-1-2-5-9(8)15-10/h1-6,8-10,13-14H,7H2. The topological polar surface area (TPSA) is 43.7 Å². The number of nitrogens with zero attached hydrogens (tertiary/aromatic N) is 1. The zero-order chi connectivity index (χ0) is 10.5. The maximum atomic E-state index is 10.3. The van der Waals surface area contributed by atoms with E-state index in [2.05, 4.69) is 12.2 Å². The first-order chi connectivity index (χ1) is 7.22. The van der Waals surface area contributed by atoms with E-state index in [9.17, 15) is 10.2 Å². The zero-order valence-electron chi connectivity index (χ0n) is 8.15. The van der Waals surface area contributed by atoms with E-state index in [0.717, 1.165) is 0 Å². The van der Waals surface area contributed by atoms with Gasteiger partial charge in [0.05, 0.1) is 0 Å². The second-order valence-electron chi connectivity index (χ2n) is 4.05. The maximum absolute atomic E-state index is 10.3. The molecule has 4 heteroatoms. The van der Waals surface area contributed by atoms with Crippen LogP contribution >= 0.6 is 11.8 Å². The summed E-state index contributed by atoms with van der Waals surface area (Å²) in [6.45, 7) is 0.702. The summed E-state index contributed by atoms with van der Waals surface area (Å²) in [5, 5.41) is 20.5. The highest BCUT2D eigenvalue weighted by Gasteiger charge is 2.51. The van der Waals surface area contributed by atoms with Crippen LogP contribution in [0.1, 0.15) is 0 Å². The Hall–Kier alpha value is -0.550. The van der Waals surface area contributed by atoms with Crippen LogP contribution in [0, 0.1) is 0 Å². The van der Waals surface area contributed by atoms with Crippen molar-refractivity contribution in [3.05, 3.63) is 36.5 Å². The van der Waals surface area contributed by atoms with Crippen molar-refractivity contribution >= 4 is 11.8 Å². The summed E-state index contributed by atoms with van der Waals surface area (Å²) in [5.41, 5.74) is -1.95. The van der Waals surface area contributed by atoms with Gasteiger partial charge in [0.2, 0.25) is 0 Å². The van der Waals surface area contributed by atoms with E-state index >= 15 is 0 Å². The largest absolute Gasteiger partial charge is 0.378 e. The predicted molar refractivity (Wildman–Crippen MR) is 60.2 cm³/mol. The van der Waals surface area contributed by atoms with Crippen molar-refractivity contribution < 1.29 is 10.2 Å². The van der Waals surface area contributed by atoms with Gasteiger partial charge in [-0.3, -0.25) is 4.90 Å². The Labute approximate surface area is 92.8 Å². The molecule has 1 aliphatic carbocycles. The fourth-order valence-corrected chi connectivity index (χ4v) is 3.69. The van der Waals surface area contributed by atoms with Gasteiger partial charge in [-0.15, -0.1) is 11.8 Å². The van der Waals surface area contributed by atoms with Gasteiger partial charge in [-0.2, -0.15) is 0 Å². The van der Waals surface area contributed by atoms with Crippen molar-refractivity contribution in [2.24, 2.45) is 0 Å². The van der Waals surface area contributed by atoms with E-state index in [-0.39, 0.29) is 11.3 Å². The van der Waals surface area contributed by atoms with Crippen molar-refractivity contribution in [3.63, 3.8) is 0 Å². The molecule has 2 N–H and O–H groups in total. The molecule has 4 atom stereocenters. The number of allylic oxidation sites excluding steroid dienone is 2. The fraction of sp³-hybridized carbons (Fsp3) is 0.455. The highest BCUT2D eigenvalue weighted by Crippen LogP contribution is 2.43. The molecule has 0 saturated carbocycles. The molecular weight excluding hydrogens is 210 g/mol. The molecular formula is C11H13NO2S. The Morgan fingerprint density at radius 3 is 3.00 bits per heavy atom. The molecule has 0 amide bonds. The van der Waals surface area contributed by atoms with E-state index < -0.39 is 11.2 Å². The Bertz CT molecular complexity index is 366. The van der Waals surface area contributed by atoms with E-state index in [1.807, 2.05) is 23.1 Å². The van der Waals surface area contributed by atoms with Gasteiger partial charge in [0.15, 0.2) is 5.72 Å². The molecule has 0 aromatic heterocycles. The normalized spacial score (nSPS) is 48.0. The molecule has 1 fully saturated rings. The van der Waals surface area contributed by atoms with Crippen LogP contribution in [0.3, 0.4) is 0 Å². The highest BCUT2D eigenvalue weighted by atomic mass is 32.2. The summed E-state index contributed by atoms with van der Waals surface area (Å²) in [6, 6.07) is 0.184. The first kappa shape index (κ1) is 9.66. The number of thioether (sulfide) groups is 1. The molecule has 4 unspecified atom stereocenters. The molecule has 3 rings (SSSR count). The van der Waals surface area contributed by atoms with Crippen LogP contribution in [0.2, 0.25) is 0 Å².